The van der Waals surface area contributed by atoms with Crippen LogP contribution in [0.2, 0.25) is 0 Å². The molecular formula is C10H11ClF3NO4S. The Morgan fingerprint density at radius 3 is 2.50 bits per heavy atom. The largest absolute Gasteiger partial charge is 0.455 e. The summed E-state index contributed by atoms with van der Waals surface area (Å²) < 4.78 is 62.8. The molecule has 0 saturated heterocycles. The van der Waals surface area contributed by atoms with Gasteiger partial charge in [0.05, 0.1) is 0 Å². The molecule has 0 aliphatic carbocycles. The molecular weight excluding hydrogens is 323 g/mol. The van der Waals surface area contributed by atoms with Gasteiger partial charge < -0.3 is 9.73 Å². The van der Waals surface area contributed by atoms with Crippen LogP contribution in [0, 0.1) is 6.92 Å². The van der Waals surface area contributed by atoms with E-state index in [0.29, 0.717) is 0 Å². The number of alkyl halides is 3. The summed E-state index contributed by atoms with van der Waals surface area (Å²) in [5.74, 6) is -1.20. The van der Waals surface area contributed by atoms with E-state index in [2.05, 4.69) is 5.32 Å². The second kappa shape index (κ2) is 6.04. The molecule has 0 aliphatic heterocycles. The molecule has 1 aromatic heterocycles. The van der Waals surface area contributed by atoms with Gasteiger partial charge in [-0.05, 0) is 13.3 Å². The van der Waals surface area contributed by atoms with Gasteiger partial charge >= 0.3 is 6.18 Å². The van der Waals surface area contributed by atoms with E-state index in [1.807, 2.05) is 0 Å². The summed E-state index contributed by atoms with van der Waals surface area (Å²) >= 11 is 0. The van der Waals surface area contributed by atoms with Crippen molar-refractivity contribution in [3.63, 3.8) is 0 Å². The number of furan rings is 1. The fraction of sp³-hybridized carbons (Fsp3) is 0.500. The van der Waals surface area contributed by atoms with Crippen molar-refractivity contribution in [1.29, 1.82) is 0 Å². The average molecular weight is 334 g/mol. The topological polar surface area (TPSA) is 76.4 Å². The standard InChI is InChI=1S/C10H11ClF3NO4S/c1-6-8(20(11,17)18)5-7(19-6)9(16)15-4-2-3-10(12,13)14/h5H,2-4H2,1H3,(H,15,16). The van der Waals surface area contributed by atoms with Crippen molar-refractivity contribution in [2.45, 2.75) is 30.8 Å². The van der Waals surface area contributed by atoms with Gasteiger partial charge in [-0.2, -0.15) is 13.2 Å². The first-order chi connectivity index (χ1) is 9.00. The minimum atomic E-state index is -4.29. The zero-order chi connectivity index (χ0) is 15.6. The highest BCUT2D eigenvalue weighted by Gasteiger charge is 2.26. The van der Waals surface area contributed by atoms with Crippen molar-refractivity contribution in [2.24, 2.45) is 0 Å². The third-order valence-corrected chi connectivity index (χ3v) is 3.71. The maximum atomic E-state index is 11.9. The molecule has 5 nitrogen and oxygen atoms in total. The minimum absolute atomic E-state index is 0.0690. The van der Waals surface area contributed by atoms with Crippen molar-refractivity contribution >= 4 is 25.6 Å². The number of carbonyl (C=O) groups excluding carboxylic acids is 1. The number of halogens is 4. The van der Waals surface area contributed by atoms with Crippen LogP contribution in [0.1, 0.15) is 29.2 Å². The normalized spacial score (nSPS) is 12.4. The van der Waals surface area contributed by atoms with E-state index >= 15 is 0 Å². The van der Waals surface area contributed by atoms with Crippen molar-refractivity contribution < 1.29 is 30.8 Å². The Balaban J connectivity index is 2.61. The number of hydrogen-bond acceptors (Lipinski definition) is 4. The van der Waals surface area contributed by atoms with E-state index < -0.39 is 27.6 Å². The lowest BCUT2D eigenvalue weighted by atomic mass is 10.3. The molecule has 0 radical (unpaired) electrons. The Bertz CT molecular complexity index is 594. The van der Waals surface area contributed by atoms with E-state index in [0.717, 1.165) is 6.07 Å². The molecule has 0 saturated carbocycles. The van der Waals surface area contributed by atoms with Crippen LogP contribution in [-0.2, 0) is 9.05 Å². The van der Waals surface area contributed by atoms with Gasteiger partial charge in [-0.15, -0.1) is 0 Å². The Hall–Kier alpha value is -1.22. The van der Waals surface area contributed by atoms with E-state index in [1.54, 1.807) is 0 Å². The van der Waals surface area contributed by atoms with E-state index in [9.17, 15) is 26.4 Å². The van der Waals surface area contributed by atoms with Crippen molar-refractivity contribution in [2.75, 3.05) is 6.54 Å². The minimum Gasteiger partial charge on any atom is -0.455 e. The fourth-order valence-electron chi connectivity index (χ4n) is 1.40. The molecule has 10 heteroatoms. The van der Waals surface area contributed by atoms with Gasteiger partial charge in [0.1, 0.15) is 10.7 Å². The van der Waals surface area contributed by atoms with Gasteiger partial charge in [0.25, 0.3) is 15.0 Å². The van der Waals surface area contributed by atoms with Crippen LogP contribution in [0.25, 0.3) is 0 Å². The van der Waals surface area contributed by atoms with Crippen LogP contribution in [0.3, 0.4) is 0 Å². The smallest absolute Gasteiger partial charge is 0.389 e. The SMILES string of the molecule is Cc1oc(C(=O)NCCCC(F)(F)F)cc1S(=O)(=O)Cl. The molecule has 1 aromatic rings. The number of amides is 1. The molecule has 0 bridgehead atoms. The number of hydrogen-bond donors (Lipinski definition) is 1. The molecule has 0 atom stereocenters. The van der Waals surface area contributed by atoms with Crippen LogP contribution < -0.4 is 5.32 Å². The molecule has 20 heavy (non-hydrogen) atoms. The summed E-state index contributed by atoms with van der Waals surface area (Å²) in [5, 5.41) is 2.19. The van der Waals surface area contributed by atoms with Crippen LogP contribution in [-0.4, -0.2) is 27.0 Å². The lowest BCUT2D eigenvalue weighted by Gasteiger charge is -2.06. The lowest BCUT2D eigenvalue weighted by Crippen LogP contribution is -2.25. The summed E-state index contributed by atoms with van der Waals surface area (Å²) in [6.07, 6.45) is -5.59. The average Bonchev–Trinajstić information content (AvgIpc) is 2.65. The van der Waals surface area contributed by atoms with Gasteiger partial charge in [0.2, 0.25) is 0 Å². The van der Waals surface area contributed by atoms with Gasteiger partial charge in [-0.3, -0.25) is 4.79 Å². The zero-order valence-electron chi connectivity index (χ0n) is 10.3. The Kier molecular flexibility index (Phi) is 5.09. The van der Waals surface area contributed by atoms with Gasteiger partial charge in [0.15, 0.2) is 5.76 Å². The van der Waals surface area contributed by atoms with Crippen molar-refractivity contribution in [3.05, 3.63) is 17.6 Å². The third-order valence-electron chi connectivity index (χ3n) is 2.28. The zero-order valence-corrected chi connectivity index (χ0v) is 11.8. The van der Waals surface area contributed by atoms with Gasteiger partial charge in [0, 0.05) is 29.7 Å². The monoisotopic (exact) mass is 333 g/mol. The summed E-state index contributed by atoms with van der Waals surface area (Å²) in [6, 6.07) is 0.927. The second-order valence-corrected chi connectivity index (χ2v) is 6.48. The molecule has 114 valence electrons. The predicted molar refractivity (Wildman–Crippen MR) is 64.1 cm³/mol. The molecule has 1 N–H and O–H groups in total. The summed E-state index contributed by atoms with van der Waals surface area (Å²) in [4.78, 5) is 11.2. The van der Waals surface area contributed by atoms with Gasteiger partial charge in [-0.25, -0.2) is 8.42 Å². The van der Waals surface area contributed by atoms with E-state index in [4.69, 9.17) is 15.1 Å². The van der Waals surface area contributed by atoms with Crippen LogP contribution in [0.15, 0.2) is 15.4 Å². The number of carbonyl (C=O) groups is 1. The molecule has 0 aromatic carbocycles. The predicted octanol–water partition coefficient (Wildman–Crippen LogP) is 2.59. The summed E-state index contributed by atoms with van der Waals surface area (Å²) in [7, 11) is 1.07. The third kappa shape index (κ3) is 5.04. The van der Waals surface area contributed by atoms with E-state index in [1.165, 1.54) is 6.92 Å². The molecule has 0 fully saturated rings. The Labute approximate surface area is 117 Å². The van der Waals surface area contributed by atoms with Crippen LogP contribution in [0.4, 0.5) is 13.2 Å². The molecule has 1 rings (SSSR count). The maximum absolute atomic E-state index is 11.9. The van der Waals surface area contributed by atoms with E-state index in [-0.39, 0.29) is 29.4 Å². The number of aryl methyl sites for hydroxylation is 1. The lowest BCUT2D eigenvalue weighted by molar-refractivity contribution is -0.135. The molecule has 0 unspecified atom stereocenters. The van der Waals surface area contributed by atoms with Crippen molar-refractivity contribution in [1.82, 2.24) is 5.32 Å². The first-order valence-corrected chi connectivity index (χ1v) is 7.71. The summed E-state index contributed by atoms with van der Waals surface area (Å²) in [5.41, 5.74) is 0. The maximum Gasteiger partial charge on any atom is 0.389 e. The molecule has 0 aliphatic rings. The number of nitrogens with one attached hydrogen (secondary N) is 1. The molecule has 1 heterocycles. The first kappa shape index (κ1) is 16.8. The highest BCUT2D eigenvalue weighted by atomic mass is 35.7. The second-order valence-electron chi connectivity index (χ2n) is 3.94. The van der Waals surface area contributed by atoms with Gasteiger partial charge in [-0.1, -0.05) is 0 Å². The molecule has 0 spiro atoms. The highest BCUT2D eigenvalue weighted by Crippen LogP contribution is 2.23. The quantitative estimate of drug-likeness (QED) is 0.663. The fourth-order valence-corrected chi connectivity index (χ4v) is 2.49. The van der Waals surface area contributed by atoms with Crippen molar-refractivity contribution in [3.8, 4) is 0 Å². The first-order valence-electron chi connectivity index (χ1n) is 5.41. The Morgan fingerprint density at radius 1 is 1.45 bits per heavy atom. The van der Waals surface area contributed by atoms with Crippen LogP contribution in [0.5, 0.6) is 0 Å². The van der Waals surface area contributed by atoms with Crippen LogP contribution >= 0.6 is 10.7 Å². The molecule has 1 amide bonds. The highest BCUT2D eigenvalue weighted by molar-refractivity contribution is 8.13. The number of rotatable bonds is 5. The Morgan fingerprint density at radius 2 is 2.05 bits per heavy atom. The summed E-state index contributed by atoms with van der Waals surface area (Å²) in [6.45, 7) is 1.09.